The molecule has 0 radical (unpaired) electrons. The number of hydrogen-bond acceptors (Lipinski definition) is 4. The number of nitrogens with zero attached hydrogens (tertiary/aromatic N) is 1. The second-order valence-corrected chi connectivity index (χ2v) is 6.05. The van der Waals surface area contributed by atoms with Gasteiger partial charge in [0.25, 0.3) is 5.91 Å². The van der Waals surface area contributed by atoms with Crippen molar-refractivity contribution in [2.45, 2.75) is 25.8 Å². The summed E-state index contributed by atoms with van der Waals surface area (Å²) in [4.78, 5) is 15.0. The van der Waals surface area contributed by atoms with Crippen LogP contribution in [0.5, 0.6) is 0 Å². The zero-order chi connectivity index (χ0) is 17.3. The van der Waals surface area contributed by atoms with Crippen LogP contribution in [0.25, 0.3) is 0 Å². The quantitative estimate of drug-likeness (QED) is 0.875. The molecule has 0 saturated heterocycles. The Morgan fingerprint density at radius 1 is 1.04 bits per heavy atom. The van der Waals surface area contributed by atoms with Crippen molar-refractivity contribution in [2.24, 2.45) is 0 Å². The summed E-state index contributed by atoms with van der Waals surface area (Å²) >= 11 is 0. The Morgan fingerprint density at radius 3 is 2.33 bits per heavy atom. The number of para-hydroxylation sites is 2. The highest BCUT2D eigenvalue weighted by Gasteiger charge is 2.48. The molecule has 1 atom stereocenters. The van der Waals surface area contributed by atoms with Gasteiger partial charge in [0.05, 0.1) is 5.56 Å². The predicted octanol–water partition coefficient (Wildman–Crippen LogP) is 3.40. The third-order valence-electron chi connectivity index (χ3n) is 4.46. The number of anilines is 2. The summed E-state index contributed by atoms with van der Waals surface area (Å²) in [6.45, 7) is 3.89. The fourth-order valence-corrected chi connectivity index (χ4v) is 3.33. The maximum Gasteiger partial charge on any atom is 0.262 e. The van der Waals surface area contributed by atoms with Gasteiger partial charge in [-0.05, 0) is 37.6 Å². The number of amides is 1. The summed E-state index contributed by atoms with van der Waals surface area (Å²) in [5, 5.41) is 3.44. The minimum absolute atomic E-state index is 0.0831. The minimum atomic E-state index is -0.888. The summed E-state index contributed by atoms with van der Waals surface area (Å²) in [7, 11) is 3.14. The number of nitrogens with one attached hydrogen (secondary N) is 1. The molecule has 126 valence electrons. The highest BCUT2D eigenvalue weighted by atomic mass is 16.7. The number of ether oxygens (including phenoxy) is 2. The van der Waals surface area contributed by atoms with Crippen molar-refractivity contribution in [1.29, 1.82) is 0 Å². The summed E-state index contributed by atoms with van der Waals surface area (Å²) in [5.41, 5.74) is 2.34. The lowest BCUT2D eigenvalue weighted by Crippen LogP contribution is -2.66. The molecule has 5 heteroatoms. The van der Waals surface area contributed by atoms with E-state index in [1.54, 1.807) is 19.1 Å². The smallest absolute Gasteiger partial charge is 0.262 e. The lowest BCUT2D eigenvalue weighted by atomic mass is 9.97. The van der Waals surface area contributed by atoms with Gasteiger partial charge in [-0.25, -0.2) is 0 Å². The molecule has 2 aromatic carbocycles. The number of rotatable bonds is 4. The highest BCUT2D eigenvalue weighted by Crippen LogP contribution is 2.38. The molecule has 1 heterocycles. The van der Waals surface area contributed by atoms with E-state index < -0.39 is 12.0 Å². The van der Waals surface area contributed by atoms with E-state index in [1.165, 1.54) is 0 Å². The molecule has 0 aliphatic carbocycles. The largest absolute Gasteiger partial charge is 0.358 e. The number of benzene rings is 2. The van der Waals surface area contributed by atoms with E-state index in [4.69, 9.17) is 9.47 Å². The van der Waals surface area contributed by atoms with Crippen LogP contribution in [-0.2, 0) is 9.47 Å². The molecule has 0 bridgehead atoms. The van der Waals surface area contributed by atoms with Crippen LogP contribution in [0.1, 0.15) is 22.8 Å². The third kappa shape index (κ3) is 2.46. The van der Waals surface area contributed by atoms with Crippen LogP contribution >= 0.6 is 0 Å². The first kappa shape index (κ1) is 16.5. The summed E-state index contributed by atoms with van der Waals surface area (Å²) in [6.07, 6.45) is -0.644. The van der Waals surface area contributed by atoms with Crippen LogP contribution in [0.15, 0.2) is 48.5 Å². The number of carbonyl (C=O) groups is 1. The van der Waals surface area contributed by atoms with Gasteiger partial charge in [0.1, 0.15) is 0 Å². The Balaban J connectivity index is 2.22. The fraction of sp³-hybridized carbons (Fsp3) is 0.316. The van der Waals surface area contributed by atoms with Crippen LogP contribution in [0.3, 0.4) is 0 Å². The summed E-state index contributed by atoms with van der Waals surface area (Å²) in [6, 6.07) is 15.3. The maximum atomic E-state index is 13.3. The van der Waals surface area contributed by atoms with Crippen LogP contribution in [-0.4, -0.2) is 32.1 Å². The van der Waals surface area contributed by atoms with Crippen molar-refractivity contribution >= 4 is 17.3 Å². The molecular formula is C19H22N2O3. The monoisotopic (exact) mass is 326 g/mol. The average molecular weight is 326 g/mol. The number of aryl methyl sites for hydroxylation is 1. The third-order valence-corrected chi connectivity index (χ3v) is 4.46. The molecule has 1 unspecified atom stereocenters. The summed E-state index contributed by atoms with van der Waals surface area (Å²) in [5.74, 6) is -0.0831. The first-order valence-corrected chi connectivity index (χ1v) is 7.86. The Labute approximate surface area is 142 Å². The molecule has 0 aromatic heterocycles. The normalized spacial score (nSPS) is 20.0. The molecule has 0 saturated carbocycles. The van der Waals surface area contributed by atoms with Crippen molar-refractivity contribution in [3.05, 3.63) is 59.7 Å². The first-order valence-electron chi connectivity index (χ1n) is 7.86. The molecule has 0 spiro atoms. The Morgan fingerprint density at radius 2 is 1.67 bits per heavy atom. The van der Waals surface area contributed by atoms with Gasteiger partial charge in [0.15, 0.2) is 12.0 Å². The van der Waals surface area contributed by atoms with Gasteiger partial charge in [0, 0.05) is 25.6 Å². The zero-order valence-electron chi connectivity index (χ0n) is 14.4. The van der Waals surface area contributed by atoms with E-state index >= 15 is 0 Å². The Bertz CT molecular complexity index is 758. The second-order valence-electron chi connectivity index (χ2n) is 6.05. The molecular weight excluding hydrogens is 304 g/mol. The predicted molar refractivity (Wildman–Crippen MR) is 94.3 cm³/mol. The van der Waals surface area contributed by atoms with E-state index in [9.17, 15) is 4.79 Å². The molecule has 3 rings (SSSR count). The average Bonchev–Trinajstić information content (AvgIpc) is 2.57. The van der Waals surface area contributed by atoms with Crippen molar-refractivity contribution in [3.63, 3.8) is 0 Å². The van der Waals surface area contributed by atoms with E-state index in [0.717, 1.165) is 16.9 Å². The molecule has 1 N–H and O–H groups in total. The first-order chi connectivity index (χ1) is 11.5. The molecule has 1 amide bonds. The standard InChI is InChI=1S/C19H22N2O3/c1-13-9-5-8-12-16(13)21-17(22)14-10-6-7-11-15(14)20-19(21,2)18(23-3)24-4/h5-12,18,20H,1-4H3. The van der Waals surface area contributed by atoms with Gasteiger partial charge in [-0.2, -0.15) is 0 Å². The molecule has 5 nitrogen and oxygen atoms in total. The SMILES string of the molecule is COC(OC)C1(C)Nc2ccccc2C(=O)N1c1ccccc1C. The van der Waals surface area contributed by atoms with Crippen LogP contribution in [0.2, 0.25) is 0 Å². The molecule has 2 aromatic rings. The van der Waals surface area contributed by atoms with Gasteiger partial charge in [-0.1, -0.05) is 30.3 Å². The van der Waals surface area contributed by atoms with E-state index in [-0.39, 0.29) is 5.91 Å². The Kier molecular flexibility index (Phi) is 4.30. The molecule has 1 aliphatic heterocycles. The zero-order valence-corrected chi connectivity index (χ0v) is 14.4. The van der Waals surface area contributed by atoms with E-state index in [0.29, 0.717) is 5.56 Å². The van der Waals surface area contributed by atoms with Crippen molar-refractivity contribution in [3.8, 4) is 0 Å². The molecule has 1 aliphatic rings. The van der Waals surface area contributed by atoms with Crippen molar-refractivity contribution in [2.75, 3.05) is 24.4 Å². The molecule has 24 heavy (non-hydrogen) atoms. The molecule has 0 fully saturated rings. The number of hydrogen-bond donors (Lipinski definition) is 1. The van der Waals surface area contributed by atoms with Gasteiger partial charge >= 0.3 is 0 Å². The van der Waals surface area contributed by atoms with Gasteiger partial charge in [0.2, 0.25) is 0 Å². The van der Waals surface area contributed by atoms with E-state index in [1.807, 2.05) is 62.4 Å². The summed E-state index contributed by atoms with van der Waals surface area (Å²) < 4.78 is 11.0. The highest BCUT2D eigenvalue weighted by molar-refractivity contribution is 6.13. The van der Waals surface area contributed by atoms with Gasteiger partial charge < -0.3 is 14.8 Å². The number of carbonyl (C=O) groups excluding carboxylic acids is 1. The fourth-order valence-electron chi connectivity index (χ4n) is 3.33. The van der Waals surface area contributed by atoms with E-state index in [2.05, 4.69) is 5.32 Å². The Hall–Kier alpha value is -2.37. The lowest BCUT2D eigenvalue weighted by Gasteiger charge is -2.49. The van der Waals surface area contributed by atoms with Crippen molar-refractivity contribution < 1.29 is 14.3 Å². The second kappa shape index (κ2) is 6.26. The van der Waals surface area contributed by atoms with Crippen LogP contribution in [0.4, 0.5) is 11.4 Å². The van der Waals surface area contributed by atoms with Crippen LogP contribution in [0, 0.1) is 6.92 Å². The topological polar surface area (TPSA) is 50.8 Å². The lowest BCUT2D eigenvalue weighted by molar-refractivity contribution is -0.135. The van der Waals surface area contributed by atoms with Gasteiger partial charge in [-0.3, -0.25) is 9.69 Å². The minimum Gasteiger partial charge on any atom is -0.358 e. The van der Waals surface area contributed by atoms with Crippen molar-refractivity contribution in [1.82, 2.24) is 0 Å². The number of fused-ring (bicyclic) bond motifs is 1. The maximum absolute atomic E-state index is 13.3. The van der Waals surface area contributed by atoms with Gasteiger partial charge in [-0.15, -0.1) is 0 Å². The number of methoxy groups -OCH3 is 2. The van der Waals surface area contributed by atoms with Crippen LogP contribution < -0.4 is 10.2 Å².